The van der Waals surface area contributed by atoms with Crippen molar-refractivity contribution in [2.45, 2.75) is 23.7 Å². The fourth-order valence-corrected chi connectivity index (χ4v) is 5.28. The summed E-state index contributed by atoms with van der Waals surface area (Å²) in [6.45, 7) is 0.0831. The molecule has 228 valence electrons. The maximum Gasteiger partial charge on any atom is 0.433 e. The number of hydrogen-bond acceptors (Lipinski definition) is 6. The summed E-state index contributed by atoms with van der Waals surface area (Å²) in [5, 5.41) is 6.09. The second kappa shape index (κ2) is 11.7. The largest absolute Gasteiger partial charge is 0.433 e. The molecule has 0 saturated carbocycles. The van der Waals surface area contributed by atoms with Gasteiger partial charge in [0.1, 0.15) is 5.56 Å². The van der Waals surface area contributed by atoms with E-state index in [1.54, 1.807) is 24.5 Å². The molecule has 0 atom stereocenters. The Labute approximate surface area is 245 Å². The van der Waals surface area contributed by atoms with Crippen LogP contribution >= 0.6 is 0 Å². The third kappa shape index (κ3) is 6.70. The summed E-state index contributed by atoms with van der Waals surface area (Å²) in [6.07, 6.45) is -5.21. The molecule has 0 bridgehead atoms. The number of amides is 1. The highest BCUT2D eigenvalue weighted by Gasteiger charge is 2.36. The van der Waals surface area contributed by atoms with Gasteiger partial charge < -0.3 is 5.32 Å². The summed E-state index contributed by atoms with van der Waals surface area (Å²) in [6, 6.07) is 12.6. The van der Waals surface area contributed by atoms with Gasteiger partial charge in [-0.2, -0.15) is 31.4 Å². The van der Waals surface area contributed by atoms with Gasteiger partial charge in [-0.25, -0.2) is 22.6 Å². The van der Waals surface area contributed by atoms with Crippen molar-refractivity contribution in [1.82, 2.24) is 24.3 Å². The van der Waals surface area contributed by atoms with Gasteiger partial charge in [-0.1, -0.05) is 18.2 Å². The maximum absolute atomic E-state index is 13.9. The predicted molar refractivity (Wildman–Crippen MR) is 146 cm³/mol. The zero-order valence-corrected chi connectivity index (χ0v) is 23.0. The van der Waals surface area contributed by atoms with E-state index in [1.807, 2.05) is 0 Å². The molecule has 2 aromatic carbocycles. The van der Waals surface area contributed by atoms with Crippen molar-refractivity contribution >= 4 is 27.3 Å². The molecule has 0 aliphatic rings. The smallest absolute Gasteiger partial charge is 0.322 e. The first-order chi connectivity index (χ1) is 20.7. The van der Waals surface area contributed by atoms with Crippen LogP contribution in [-0.4, -0.2) is 40.5 Å². The van der Waals surface area contributed by atoms with Crippen molar-refractivity contribution in [1.29, 1.82) is 0 Å². The van der Waals surface area contributed by atoms with E-state index in [4.69, 9.17) is 0 Å². The van der Waals surface area contributed by atoms with Gasteiger partial charge in [-0.3, -0.25) is 9.78 Å². The zero-order valence-electron chi connectivity index (χ0n) is 22.2. The summed E-state index contributed by atoms with van der Waals surface area (Å²) in [5.74, 6) is -0.953. The van der Waals surface area contributed by atoms with E-state index < -0.39 is 50.8 Å². The molecule has 5 aromatic rings. The van der Waals surface area contributed by atoms with Crippen LogP contribution in [0.1, 0.15) is 27.2 Å². The second-order valence-corrected chi connectivity index (χ2v) is 11.1. The standard InChI is InChI=1S/C28H20F6N6O3S/c29-27(30,31)19-6-4-18(5-7-19)23-15-24(28(32,33)34)40-25(39-23)22(16-36-40)26(41)38-20-2-1-3-21(14-20)44(42,43)37-13-10-17-8-11-35-12-9-17/h1-9,11-12,14-16,37H,10,13H2,(H,38,41). The highest BCUT2D eigenvalue weighted by molar-refractivity contribution is 7.89. The predicted octanol–water partition coefficient (Wildman–Crippen LogP) is 5.60. The second-order valence-electron chi connectivity index (χ2n) is 9.38. The Morgan fingerprint density at radius 1 is 0.886 bits per heavy atom. The number of carbonyl (C=O) groups excluding carboxylic acids is 1. The minimum Gasteiger partial charge on any atom is -0.322 e. The summed E-state index contributed by atoms with van der Waals surface area (Å²) in [4.78, 5) is 21.0. The van der Waals surface area contributed by atoms with E-state index in [2.05, 4.69) is 25.1 Å². The van der Waals surface area contributed by atoms with Gasteiger partial charge in [0.05, 0.1) is 22.3 Å². The number of nitrogens with zero attached hydrogens (tertiary/aromatic N) is 4. The molecule has 0 aliphatic heterocycles. The lowest BCUT2D eigenvalue weighted by atomic mass is 10.1. The summed E-state index contributed by atoms with van der Waals surface area (Å²) in [7, 11) is -3.99. The van der Waals surface area contributed by atoms with Crippen LogP contribution in [0, 0.1) is 0 Å². The van der Waals surface area contributed by atoms with Crippen molar-refractivity contribution < 1.29 is 39.6 Å². The number of nitrogens with one attached hydrogen (secondary N) is 2. The molecule has 5 rings (SSSR count). The normalized spacial score (nSPS) is 12.4. The summed E-state index contributed by atoms with van der Waals surface area (Å²) < 4.78 is 109. The lowest BCUT2D eigenvalue weighted by Gasteiger charge is -2.12. The Morgan fingerprint density at radius 2 is 1.59 bits per heavy atom. The Hall–Kier alpha value is -4.83. The van der Waals surface area contributed by atoms with E-state index in [0.29, 0.717) is 29.1 Å². The van der Waals surface area contributed by atoms with Crippen LogP contribution in [0.15, 0.2) is 90.2 Å². The van der Waals surface area contributed by atoms with E-state index in [9.17, 15) is 39.6 Å². The molecular weight excluding hydrogens is 614 g/mol. The first kappa shape index (κ1) is 30.6. The minimum absolute atomic E-state index is 0.0151. The van der Waals surface area contributed by atoms with Gasteiger partial charge in [-0.15, -0.1) is 0 Å². The lowest BCUT2D eigenvalue weighted by molar-refractivity contribution is -0.142. The van der Waals surface area contributed by atoms with Gasteiger partial charge in [0.25, 0.3) is 5.91 Å². The Kier molecular flexibility index (Phi) is 8.13. The molecule has 3 heterocycles. The highest BCUT2D eigenvalue weighted by atomic mass is 32.2. The van der Waals surface area contributed by atoms with Crippen molar-refractivity contribution in [2.75, 3.05) is 11.9 Å². The number of benzene rings is 2. The molecule has 9 nitrogen and oxygen atoms in total. The SMILES string of the molecule is O=C(Nc1cccc(S(=O)(=O)NCCc2ccncc2)c1)c1cnn2c(C(F)(F)F)cc(-c3ccc(C(F)(F)F)cc3)nc12. The number of fused-ring (bicyclic) bond motifs is 1. The number of anilines is 1. The van der Waals surface area contributed by atoms with Crippen molar-refractivity contribution in [2.24, 2.45) is 0 Å². The maximum atomic E-state index is 13.9. The average Bonchev–Trinajstić information content (AvgIpc) is 3.41. The first-order valence-corrected chi connectivity index (χ1v) is 14.1. The molecule has 0 unspecified atom stereocenters. The van der Waals surface area contributed by atoms with E-state index in [0.717, 1.165) is 23.9 Å². The fraction of sp³-hybridized carbons (Fsp3) is 0.143. The van der Waals surface area contributed by atoms with Crippen LogP contribution in [0.2, 0.25) is 0 Å². The molecule has 0 saturated heterocycles. The van der Waals surface area contributed by atoms with Gasteiger partial charge in [0, 0.05) is 30.2 Å². The van der Waals surface area contributed by atoms with Crippen molar-refractivity contribution in [3.63, 3.8) is 0 Å². The lowest BCUT2D eigenvalue weighted by Crippen LogP contribution is -2.26. The topological polar surface area (TPSA) is 118 Å². The number of pyridine rings is 1. The van der Waals surface area contributed by atoms with Crippen LogP contribution < -0.4 is 10.0 Å². The van der Waals surface area contributed by atoms with Crippen LogP contribution in [-0.2, 0) is 28.8 Å². The van der Waals surface area contributed by atoms with Gasteiger partial charge in [-0.05, 0) is 60.5 Å². The molecule has 2 N–H and O–H groups in total. The fourth-order valence-electron chi connectivity index (χ4n) is 4.20. The molecular formula is C28H20F6N6O3S. The van der Waals surface area contributed by atoms with E-state index in [1.165, 1.54) is 24.3 Å². The molecule has 0 fully saturated rings. The number of hydrogen-bond donors (Lipinski definition) is 2. The average molecular weight is 635 g/mol. The van der Waals surface area contributed by atoms with Gasteiger partial charge >= 0.3 is 12.4 Å². The molecule has 44 heavy (non-hydrogen) atoms. The molecule has 16 heteroatoms. The first-order valence-electron chi connectivity index (χ1n) is 12.7. The Balaban J connectivity index is 1.42. The van der Waals surface area contributed by atoms with Crippen LogP contribution in [0.4, 0.5) is 32.0 Å². The molecule has 3 aromatic heterocycles. The molecule has 1 amide bonds. The van der Waals surface area contributed by atoms with Crippen molar-refractivity contribution in [3.8, 4) is 11.3 Å². The monoisotopic (exact) mass is 634 g/mol. The van der Waals surface area contributed by atoms with E-state index >= 15 is 0 Å². The molecule has 0 spiro atoms. The quantitative estimate of drug-likeness (QED) is 0.215. The highest BCUT2D eigenvalue weighted by Crippen LogP contribution is 2.34. The number of halogens is 6. The number of rotatable bonds is 8. The Morgan fingerprint density at radius 3 is 2.25 bits per heavy atom. The van der Waals surface area contributed by atoms with Crippen LogP contribution in [0.5, 0.6) is 0 Å². The number of alkyl halides is 6. The number of carbonyl (C=O) groups is 1. The summed E-state index contributed by atoms with van der Waals surface area (Å²) >= 11 is 0. The van der Waals surface area contributed by atoms with Crippen LogP contribution in [0.3, 0.4) is 0 Å². The van der Waals surface area contributed by atoms with E-state index in [-0.39, 0.29) is 28.4 Å². The van der Waals surface area contributed by atoms with Gasteiger partial charge in [0.2, 0.25) is 10.0 Å². The minimum atomic E-state index is -4.96. The molecule has 0 radical (unpaired) electrons. The summed E-state index contributed by atoms with van der Waals surface area (Å²) in [5.41, 5.74) is -2.77. The third-order valence-electron chi connectivity index (χ3n) is 6.37. The van der Waals surface area contributed by atoms with Crippen molar-refractivity contribution in [3.05, 3.63) is 108 Å². The number of aromatic nitrogens is 4. The third-order valence-corrected chi connectivity index (χ3v) is 7.83. The number of sulfonamides is 1. The Bertz CT molecular complexity index is 1930. The van der Waals surface area contributed by atoms with Gasteiger partial charge in [0.15, 0.2) is 11.3 Å². The van der Waals surface area contributed by atoms with Crippen LogP contribution in [0.25, 0.3) is 16.9 Å². The molecule has 0 aliphatic carbocycles. The zero-order chi connectivity index (χ0) is 31.7.